The van der Waals surface area contributed by atoms with Gasteiger partial charge in [-0.15, -0.1) is 11.8 Å². The minimum absolute atomic E-state index is 0.433. The van der Waals surface area contributed by atoms with Crippen LogP contribution in [-0.2, 0) is 0 Å². The lowest BCUT2D eigenvalue weighted by molar-refractivity contribution is 0.160. The molecule has 12 heavy (non-hydrogen) atoms. The van der Waals surface area contributed by atoms with Crippen LogP contribution < -0.4 is 5.32 Å². The van der Waals surface area contributed by atoms with Crippen LogP contribution in [0.5, 0.6) is 0 Å². The van der Waals surface area contributed by atoms with Crippen LogP contribution in [0.25, 0.3) is 0 Å². The zero-order valence-corrected chi connectivity index (χ0v) is 8.41. The second kappa shape index (κ2) is 3.96. The first kappa shape index (κ1) is 9.61. The normalized spacial score (nSPS) is 27.4. The van der Waals surface area contributed by atoms with Gasteiger partial charge in [0.25, 0.3) is 0 Å². The van der Waals surface area contributed by atoms with Gasteiger partial charge in [-0.2, -0.15) is 0 Å². The molecular formula is C11H19N. The van der Waals surface area contributed by atoms with E-state index in [4.69, 9.17) is 0 Å². The van der Waals surface area contributed by atoms with Crippen LogP contribution in [-0.4, -0.2) is 13.1 Å². The van der Waals surface area contributed by atoms with Crippen molar-refractivity contribution in [1.82, 2.24) is 5.32 Å². The molecule has 1 unspecified atom stereocenters. The molecule has 0 amide bonds. The van der Waals surface area contributed by atoms with Gasteiger partial charge in [0, 0.05) is 13.0 Å². The van der Waals surface area contributed by atoms with Gasteiger partial charge < -0.3 is 5.32 Å². The van der Waals surface area contributed by atoms with Crippen molar-refractivity contribution in [2.24, 2.45) is 11.3 Å². The van der Waals surface area contributed by atoms with E-state index in [1.165, 1.54) is 13.0 Å². The predicted octanol–water partition coefficient (Wildman–Crippen LogP) is 2.04. The maximum atomic E-state index is 3.43. The molecule has 0 aliphatic carbocycles. The average Bonchev–Trinajstić information content (AvgIpc) is 2.02. The van der Waals surface area contributed by atoms with Crippen LogP contribution in [0.1, 0.15) is 33.6 Å². The van der Waals surface area contributed by atoms with Crippen LogP contribution in [0.15, 0.2) is 0 Å². The fourth-order valence-electron chi connectivity index (χ4n) is 1.83. The molecule has 0 aromatic rings. The Kier molecular flexibility index (Phi) is 3.17. The van der Waals surface area contributed by atoms with Gasteiger partial charge in [-0.05, 0) is 31.2 Å². The van der Waals surface area contributed by atoms with E-state index in [0.29, 0.717) is 5.41 Å². The number of rotatable bonds is 1. The highest BCUT2D eigenvalue weighted by molar-refractivity contribution is 5.00. The van der Waals surface area contributed by atoms with Crippen molar-refractivity contribution in [3.63, 3.8) is 0 Å². The molecule has 0 aromatic carbocycles. The Morgan fingerprint density at radius 2 is 2.25 bits per heavy atom. The summed E-state index contributed by atoms with van der Waals surface area (Å²) < 4.78 is 0. The topological polar surface area (TPSA) is 12.0 Å². The SMILES string of the molecule is CC#CCC1CCNCC1(C)C. The molecule has 68 valence electrons. The monoisotopic (exact) mass is 165 g/mol. The summed E-state index contributed by atoms with van der Waals surface area (Å²) in [5, 5.41) is 3.43. The largest absolute Gasteiger partial charge is 0.316 e. The first-order chi connectivity index (χ1) is 5.67. The summed E-state index contributed by atoms with van der Waals surface area (Å²) in [6.45, 7) is 8.90. The number of hydrogen-bond donors (Lipinski definition) is 1. The number of hydrogen-bond acceptors (Lipinski definition) is 1. The van der Waals surface area contributed by atoms with Gasteiger partial charge in [0.15, 0.2) is 0 Å². The molecule has 1 aliphatic heterocycles. The summed E-state index contributed by atoms with van der Waals surface area (Å²) in [7, 11) is 0. The molecule has 1 rings (SSSR count). The Morgan fingerprint density at radius 1 is 1.50 bits per heavy atom. The molecular weight excluding hydrogens is 146 g/mol. The highest BCUT2D eigenvalue weighted by Crippen LogP contribution is 2.33. The van der Waals surface area contributed by atoms with Gasteiger partial charge in [0.2, 0.25) is 0 Å². The zero-order chi connectivity index (χ0) is 9.03. The van der Waals surface area contributed by atoms with Gasteiger partial charge in [0.05, 0.1) is 0 Å². The highest BCUT2D eigenvalue weighted by atomic mass is 14.9. The van der Waals surface area contributed by atoms with Crippen LogP contribution >= 0.6 is 0 Å². The molecule has 0 aromatic heterocycles. The summed E-state index contributed by atoms with van der Waals surface area (Å²) in [6.07, 6.45) is 2.35. The summed E-state index contributed by atoms with van der Waals surface area (Å²) in [5.41, 5.74) is 0.433. The van der Waals surface area contributed by atoms with Crippen molar-refractivity contribution in [2.75, 3.05) is 13.1 Å². The molecule has 0 spiro atoms. The van der Waals surface area contributed by atoms with Gasteiger partial charge in [-0.3, -0.25) is 0 Å². The Balaban J connectivity index is 2.52. The molecule has 1 nitrogen and oxygen atoms in total. The van der Waals surface area contributed by atoms with E-state index in [2.05, 4.69) is 31.0 Å². The van der Waals surface area contributed by atoms with E-state index in [0.717, 1.165) is 18.9 Å². The van der Waals surface area contributed by atoms with Crippen LogP contribution in [0.3, 0.4) is 0 Å². The van der Waals surface area contributed by atoms with Crippen LogP contribution in [0.2, 0.25) is 0 Å². The standard InChI is InChI=1S/C11H19N/c1-4-5-6-10-7-8-12-9-11(10,2)3/h10,12H,6-9H2,1-3H3. The molecule has 1 aliphatic rings. The second-order valence-electron chi connectivity index (χ2n) is 4.28. The molecule has 1 fully saturated rings. The minimum Gasteiger partial charge on any atom is -0.316 e. The third kappa shape index (κ3) is 2.25. The van der Waals surface area contributed by atoms with Gasteiger partial charge in [-0.1, -0.05) is 13.8 Å². The van der Waals surface area contributed by atoms with E-state index in [-0.39, 0.29) is 0 Å². The Hall–Kier alpha value is -0.480. The smallest absolute Gasteiger partial charge is 0.0123 e. The van der Waals surface area contributed by atoms with E-state index < -0.39 is 0 Å². The van der Waals surface area contributed by atoms with Crippen LogP contribution in [0, 0.1) is 23.2 Å². The van der Waals surface area contributed by atoms with E-state index in [9.17, 15) is 0 Å². The number of piperidine rings is 1. The van der Waals surface area contributed by atoms with Gasteiger partial charge in [0.1, 0.15) is 0 Å². The molecule has 1 atom stereocenters. The molecule has 0 bridgehead atoms. The zero-order valence-electron chi connectivity index (χ0n) is 8.41. The lowest BCUT2D eigenvalue weighted by Crippen LogP contribution is -2.42. The second-order valence-corrected chi connectivity index (χ2v) is 4.28. The molecule has 0 radical (unpaired) electrons. The Morgan fingerprint density at radius 3 is 2.83 bits per heavy atom. The fraction of sp³-hybridized carbons (Fsp3) is 0.818. The first-order valence-corrected chi connectivity index (χ1v) is 4.77. The van der Waals surface area contributed by atoms with Crippen molar-refractivity contribution < 1.29 is 0 Å². The molecule has 1 heteroatoms. The maximum Gasteiger partial charge on any atom is 0.0123 e. The van der Waals surface area contributed by atoms with Crippen LogP contribution in [0.4, 0.5) is 0 Å². The van der Waals surface area contributed by atoms with Gasteiger partial charge >= 0.3 is 0 Å². The lowest BCUT2D eigenvalue weighted by atomic mass is 9.73. The van der Waals surface area contributed by atoms with Crippen molar-refractivity contribution in [1.29, 1.82) is 0 Å². The van der Waals surface area contributed by atoms with Crippen molar-refractivity contribution in [3.05, 3.63) is 0 Å². The van der Waals surface area contributed by atoms with E-state index in [1.807, 2.05) is 6.92 Å². The summed E-state index contributed by atoms with van der Waals surface area (Å²) in [4.78, 5) is 0. The van der Waals surface area contributed by atoms with Crippen molar-refractivity contribution in [3.8, 4) is 11.8 Å². The maximum absolute atomic E-state index is 3.43. The quantitative estimate of drug-likeness (QED) is 0.586. The summed E-state index contributed by atoms with van der Waals surface area (Å²) in [5.74, 6) is 6.96. The highest BCUT2D eigenvalue weighted by Gasteiger charge is 2.30. The van der Waals surface area contributed by atoms with E-state index >= 15 is 0 Å². The third-order valence-electron chi connectivity index (χ3n) is 2.88. The minimum atomic E-state index is 0.433. The molecule has 0 saturated carbocycles. The Bertz CT molecular complexity index is 195. The van der Waals surface area contributed by atoms with Gasteiger partial charge in [-0.25, -0.2) is 0 Å². The van der Waals surface area contributed by atoms with E-state index in [1.54, 1.807) is 0 Å². The predicted molar refractivity (Wildman–Crippen MR) is 52.8 cm³/mol. The fourth-order valence-corrected chi connectivity index (χ4v) is 1.83. The summed E-state index contributed by atoms with van der Waals surface area (Å²) in [6, 6.07) is 0. The van der Waals surface area contributed by atoms with Crippen molar-refractivity contribution >= 4 is 0 Å². The number of nitrogens with one attached hydrogen (secondary N) is 1. The molecule has 1 N–H and O–H groups in total. The van der Waals surface area contributed by atoms with Crippen molar-refractivity contribution in [2.45, 2.75) is 33.6 Å². The Labute approximate surface area is 75.9 Å². The molecule has 1 heterocycles. The lowest BCUT2D eigenvalue weighted by Gasteiger charge is -2.38. The molecule has 1 saturated heterocycles. The first-order valence-electron chi connectivity index (χ1n) is 4.77. The third-order valence-corrected chi connectivity index (χ3v) is 2.88. The average molecular weight is 165 g/mol. The summed E-state index contributed by atoms with van der Waals surface area (Å²) >= 11 is 0.